The van der Waals surface area contributed by atoms with Crippen LogP contribution in [0.4, 0.5) is 0 Å². The molecule has 0 unspecified atom stereocenters. The molecule has 0 spiro atoms. The molecule has 1 aromatic rings. The van der Waals surface area contributed by atoms with E-state index in [4.69, 9.17) is 4.52 Å². The summed E-state index contributed by atoms with van der Waals surface area (Å²) in [5.74, 6) is -0.101. The molecule has 0 bridgehead atoms. The zero-order chi connectivity index (χ0) is 19.8. The lowest BCUT2D eigenvalue weighted by molar-refractivity contribution is -0.119. The van der Waals surface area contributed by atoms with E-state index < -0.39 is 11.0 Å². The van der Waals surface area contributed by atoms with E-state index in [1.165, 1.54) is 6.92 Å². The average molecular weight is 377 g/mol. The molecule has 2 aliphatic rings. The average Bonchev–Trinajstić information content (AvgIpc) is 3.17. The number of aryl methyl sites for hydroxylation is 1. The number of amides is 2. The molecule has 2 amide bonds. The minimum Gasteiger partial charge on any atom is -0.390 e. The molecule has 2 fully saturated rings. The van der Waals surface area contributed by atoms with Gasteiger partial charge in [-0.2, -0.15) is 0 Å². The third-order valence-electron chi connectivity index (χ3n) is 6.70. The third-order valence-corrected chi connectivity index (χ3v) is 6.70. The Balaban J connectivity index is 1.97. The molecule has 7 nitrogen and oxygen atoms in total. The van der Waals surface area contributed by atoms with Crippen LogP contribution in [0.3, 0.4) is 0 Å². The lowest BCUT2D eigenvalue weighted by Gasteiger charge is -2.43. The number of fused-ring (bicyclic) bond motifs is 1. The molecule has 1 saturated heterocycles. The van der Waals surface area contributed by atoms with Crippen LogP contribution < -0.4 is 5.32 Å². The quantitative estimate of drug-likeness (QED) is 0.839. The molecule has 1 saturated carbocycles. The number of carbonyl (C=O) groups excluding carboxylic acids is 2. The first-order chi connectivity index (χ1) is 12.7. The van der Waals surface area contributed by atoms with Gasteiger partial charge in [-0.15, -0.1) is 0 Å². The molecular formula is C20H31N3O4. The number of nitrogens with zero attached hydrogens (tertiary/aromatic N) is 2. The molecule has 1 aliphatic carbocycles. The number of nitrogens with one attached hydrogen (secondary N) is 1. The first-order valence-electron chi connectivity index (χ1n) is 9.94. The van der Waals surface area contributed by atoms with Crippen LogP contribution >= 0.6 is 0 Å². The molecule has 3 rings (SSSR count). The monoisotopic (exact) mass is 377 g/mol. The van der Waals surface area contributed by atoms with Crippen LogP contribution in [0.1, 0.15) is 76.0 Å². The SMILES string of the molecule is CCc1cc(C(=O)N2[C@@H](CNC(C)=O)C[C@]3(C)[C@H]2CCCC[C@]3(C)O)on1. The minimum absolute atomic E-state index is 0.101. The fourth-order valence-electron chi connectivity index (χ4n) is 4.86. The van der Waals surface area contributed by atoms with Gasteiger partial charge in [0.25, 0.3) is 5.91 Å². The summed E-state index contributed by atoms with van der Waals surface area (Å²) >= 11 is 0. The second-order valence-electron chi connectivity index (χ2n) is 8.50. The predicted octanol–water partition coefficient (Wildman–Crippen LogP) is 2.29. The minimum atomic E-state index is -0.867. The van der Waals surface area contributed by atoms with Crippen LogP contribution in [0, 0.1) is 5.41 Å². The molecule has 0 radical (unpaired) electrons. The Morgan fingerprint density at radius 2 is 2.15 bits per heavy atom. The summed E-state index contributed by atoms with van der Waals surface area (Å²) in [4.78, 5) is 26.7. The zero-order valence-electron chi connectivity index (χ0n) is 16.7. The number of aliphatic hydroxyl groups is 1. The fraction of sp³-hybridized carbons (Fsp3) is 0.750. The van der Waals surface area contributed by atoms with Gasteiger partial charge >= 0.3 is 0 Å². The smallest absolute Gasteiger partial charge is 0.293 e. The summed E-state index contributed by atoms with van der Waals surface area (Å²) in [6.07, 6.45) is 4.80. The van der Waals surface area contributed by atoms with Crippen molar-refractivity contribution in [3.63, 3.8) is 0 Å². The van der Waals surface area contributed by atoms with Crippen molar-refractivity contribution in [2.24, 2.45) is 5.41 Å². The fourth-order valence-corrected chi connectivity index (χ4v) is 4.86. The van der Waals surface area contributed by atoms with Crippen LogP contribution in [0.2, 0.25) is 0 Å². The Morgan fingerprint density at radius 1 is 1.41 bits per heavy atom. The number of hydrogen-bond donors (Lipinski definition) is 2. The van der Waals surface area contributed by atoms with Crippen molar-refractivity contribution in [1.82, 2.24) is 15.4 Å². The van der Waals surface area contributed by atoms with E-state index in [-0.39, 0.29) is 29.7 Å². The van der Waals surface area contributed by atoms with E-state index in [1.54, 1.807) is 6.07 Å². The van der Waals surface area contributed by atoms with Crippen LogP contribution in [-0.2, 0) is 11.2 Å². The molecule has 150 valence electrons. The summed E-state index contributed by atoms with van der Waals surface area (Å²) in [6.45, 7) is 7.77. The van der Waals surface area contributed by atoms with Gasteiger partial charge in [-0.05, 0) is 32.6 Å². The summed E-state index contributed by atoms with van der Waals surface area (Å²) < 4.78 is 5.31. The largest absolute Gasteiger partial charge is 0.390 e. The normalized spacial score (nSPS) is 33.4. The lowest BCUT2D eigenvalue weighted by Crippen LogP contribution is -2.52. The Kier molecular flexibility index (Phi) is 5.34. The highest BCUT2D eigenvalue weighted by Crippen LogP contribution is 2.53. The molecule has 1 aliphatic heterocycles. The Hall–Kier alpha value is -1.89. The van der Waals surface area contributed by atoms with Crippen molar-refractivity contribution in [2.75, 3.05) is 6.54 Å². The van der Waals surface area contributed by atoms with Crippen LogP contribution in [0.5, 0.6) is 0 Å². The van der Waals surface area contributed by atoms with E-state index in [2.05, 4.69) is 17.4 Å². The molecule has 1 aromatic heterocycles. The van der Waals surface area contributed by atoms with Gasteiger partial charge in [-0.1, -0.05) is 31.8 Å². The molecule has 27 heavy (non-hydrogen) atoms. The maximum atomic E-state index is 13.3. The summed E-state index contributed by atoms with van der Waals surface area (Å²) in [5.41, 5.74) is -0.560. The number of rotatable bonds is 4. The van der Waals surface area contributed by atoms with Crippen LogP contribution in [0.15, 0.2) is 10.6 Å². The van der Waals surface area contributed by atoms with Crippen LogP contribution in [0.25, 0.3) is 0 Å². The van der Waals surface area contributed by atoms with E-state index >= 15 is 0 Å². The summed E-state index contributed by atoms with van der Waals surface area (Å²) in [6, 6.07) is 1.41. The van der Waals surface area contributed by atoms with Crippen molar-refractivity contribution in [1.29, 1.82) is 0 Å². The van der Waals surface area contributed by atoms with Gasteiger partial charge in [0.05, 0.1) is 17.3 Å². The number of hydrogen-bond acceptors (Lipinski definition) is 5. The van der Waals surface area contributed by atoms with Crippen LogP contribution in [-0.4, -0.2) is 51.2 Å². The van der Waals surface area contributed by atoms with Gasteiger partial charge in [0, 0.05) is 31.0 Å². The van der Waals surface area contributed by atoms with E-state index in [0.717, 1.165) is 31.4 Å². The topological polar surface area (TPSA) is 95.7 Å². The van der Waals surface area contributed by atoms with Crippen molar-refractivity contribution in [3.05, 3.63) is 17.5 Å². The number of aromatic nitrogens is 1. The second kappa shape index (κ2) is 7.26. The third kappa shape index (κ3) is 3.49. The molecule has 4 atom stereocenters. The van der Waals surface area contributed by atoms with E-state index in [0.29, 0.717) is 19.4 Å². The lowest BCUT2D eigenvalue weighted by atomic mass is 9.67. The Morgan fingerprint density at radius 3 is 2.78 bits per heavy atom. The molecular weight excluding hydrogens is 346 g/mol. The number of likely N-dealkylation sites (tertiary alicyclic amines) is 1. The van der Waals surface area contributed by atoms with Crippen molar-refractivity contribution < 1.29 is 19.2 Å². The van der Waals surface area contributed by atoms with E-state index in [1.807, 2.05) is 18.7 Å². The van der Waals surface area contributed by atoms with Gasteiger partial charge in [-0.3, -0.25) is 9.59 Å². The van der Waals surface area contributed by atoms with Gasteiger partial charge in [0.15, 0.2) is 0 Å². The Bertz CT molecular complexity index is 714. The molecule has 0 aromatic carbocycles. The van der Waals surface area contributed by atoms with E-state index in [9.17, 15) is 14.7 Å². The molecule has 2 N–H and O–H groups in total. The maximum Gasteiger partial charge on any atom is 0.293 e. The Labute approximate surface area is 160 Å². The maximum absolute atomic E-state index is 13.3. The highest BCUT2D eigenvalue weighted by molar-refractivity contribution is 5.92. The van der Waals surface area contributed by atoms with Crippen molar-refractivity contribution in [2.45, 2.75) is 83.9 Å². The highest BCUT2D eigenvalue weighted by atomic mass is 16.5. The van der Waals surface area contributed by atoms with Gasteiger partial charge < -0.3 is 19.8 Å². The van der Waals surface area contributed by atoms with Crippen molar-refractivity contribution in [3.8, 4) is 0 Å². The number of carbonyl (C=O) groups is 2. The summed E-state index contributed by atoms with van der Waals surface area (Å²) in [7, 11) is 0. The van der Waals surface area contributed by atoms with Crippen molar-refractivity contribution >= 4 is 11.8 Å². The first kappa shape index (κ1) is 19.9. The highest BCUT2D eigenvalue weighted by Gasteiger charge is 2.59. The molecule has 2 heterocycles. The zero-order valence-corrected chi connectivity index (χ0v) is 16.7. The first-order valence-corrected chi connectivity index (χ1v) is 9.94. The van der Waals surface area contributed by atoms with Gasteiger partial charge in [-0.25, -0.2) is 0 Å². The molecule has 7 heteroatoms. The van der Waals surface area contributed by atoms with Gasteiger partial charge in [0.1, 0.15) is 0 Å². The second-order valence-corrected chi connectivity index (χ2v) is 8.50. The predicted molar refractivity (Wildman–Crippen MR) is 100 cm³/mol. The van der Waals surface area contributed by atoms with Gasteiger partial charge in [0.2, 0.25) is 11.7 Å². The standard InChI is InChI=1S/C20H31N3O4/c1-5-14-10-16(27-22-14)18(25)23-15(12-21-13(2)24)11-19(3)17(23)8-6-7-9-20(19,4)26/h10,15,17,26H,5-9,11-12H2,1-4H3,(H,21,24)/t15-,17-,19-,20+/m1/s1. The summed E-state index contributed by atoms with van der Waals surface area (Å²) in [5, 5.41) is 18.0.